The van der Waals surface area contributed by atoms with Gasteiger partial charge in [-0.05, 0) is 12.5 Å². The maximum Gasteiger partial charge on any atom is 0.0873 e. The minimum Gasteiger partial charge on any atom is -0.257 e. The second-order valence-corrected chi connectivity index (χ2v) is 2.54. The largest absolute Gasteiger partial charge is 0.257 e. The lowest BCUT2D eigenvalue weighted by Crippen LogP contribution is -2.47. The Morgan fingerprint density at radius 1 is 1.38 bits per heavy atom. The minimum absolute atomic E-state index is 0.633. The van der Waals surface area contributed by atoms with E-state index in [1.165, 1.54) is 0 Å². The quantitative estimate of drug-likeness (QED) is 0.422. The van der Waals surface area contributed by atoms with Gasteiger partial charge in [-0.25, -0.2) is 4.59 Å². The zero-order chi connectivity index (χ0) is 6.62. The van der Waals surface area contributed by atoms with Crippen LogP contribution in [0.3, 0.4) is 0 Å². The average molecular weight is 119 g/mol. The molecule has 50 valence electrons. The molecule has 0 heterocycles. The van der Waals surface area contributed by atoms with Gasteiger partial charge < -0.3 is 0 Å². The summed E-state index contributed by atoms with van der Waals surface area (Å²) >= 11 is 0. The molecule has 0 aromatic carbocycles. The van der Waals surface area contributed by atoms with Gasteiger partial charge in [-0.2, -0.15) is 0 Å². The standard InChI is InChI=1S/C5H15N2O/c1-5-8-6-7(2,3)4/h6H,5H2,1-4H3/q+1. The van der Waals surface area contributed by atoms with Crippen molar-refractivity contribution < 1.29 is 9.43 Å². The zero-order valence-corrected chi connectivity index (χ0v) is 6.06. The number of nitrogens with one attached hydrogen (secondary N) is 1. The average Bonchev–Trinajstić information content (AvgIpc) is 1.59. The van der Waals surface area contributed by atoms with Gasteiger partial charge in [0.15, 0.2) is 0 Å². The van der Waals surface area contributed by atoms with Gasteiger partial charge in [0.2, 0.25) is 0 Å². The fourth-order valence-corrected chi connectivity index (χ4v) is 0.258. The lowest BCUT2D eigenvalue weighted by Gasteiger charge is -2.21. The van der Waals surface area contributed by atoms with E-state index in [-0.39, 0.29) is 0 Å². The highest BCUT2D eigenvalue weighted by Crippen LogP contribution is 1.79. The summed E-state index contributed by atoms with van der Waals surface area (Å²) < 4.78 is 0.633. The SMILES string of the molecule is CCON[N+](C)(C)C. The van der Waals surface area contributed by atoms with E-state index in [2.05, 4.69) is 5.59 Å². The highest BCUT2D eigenvalue weighted by atomic mass is 16.7. The van der Waals surface area contributed by atoms with E-state index in [4.69, 9.17) is 4.84 Å². The first-order chi connectivity index (χ1) is 3.56. The van der Waals surface area contributed by atoms with Gasteiger partial charge in [-0.15, -0.1) is 0 Å². The van der Waals surface area contributed by atoms with Crippen LogP contribution in [0.4, 0.5) is 0 Å². The Balaban J connectivity index is 3.11. The minimum atomic E-state index is 0.633. The smallest absolute Gasteiger partial charge is 0.0873 e. The molecule has 0 aromatic rings. The third kappa shape index (κ3) is 5.88. The number of hydrogen-bond donors (Lipinski definition) is 1. The summed E-state index contributed by atoms with van der Waals surface area (Å²) in [6.07, 6.45) is 0. The van der Waals surface area contributed by atoms with Crippen LogP contribution in [0.15, 0.2) is 0 Å². The molecule has 1 N–H and O–H groups in total. The second kappa shape index (κ2) is 3.02. The van der Waals surface area contributed by atoms with Gasteiger partial charge in [0, 0.05) is 0 Å². The lowest BCUT2D eigenvalue weighted by atomic mass is 10.9. The molecule has 0 aliphatic rings. The van der Waals surface area contributed by atoms with Gasteiger partial charge in [0.1, 0.15) is 0 Å². The Bertz CT molecular complexity index is 57.9. The summed E-state index contributed by atoms with van der Waals surface area (Å²) in [6, 6.07) is 0. The van der Waals surface area contributed by atoms with E-state index < -0.39 is 0 Å². The van der Waals surface area contributed by atoms with Crippen LogP contribution in [-0.2, 0) is 4.84 Å². The molecule has 0 unspecified atom stereocenters. The molecule has 0 spiro atoms. The van der Waals surface area contributed by atoms with E-state index in [1.807, 2.05) is 28.1 Å². The molecular weight excluding hydrogens is 104 g/mol. The molecule has 0 radical (unpaired) electrons. The first-order valence-electron chi connectivity index (χ1n) is 2.77. The monoisotopic (exact) mass is 119 g/mol. The molecule has 0 atom stereocenters. The van der Waals surface area contributed by atoms with Crippen molar-refractivity contribution in [2.75, 3.05) is 27.7 Å². The molecule has 0 fully saturated rings. The molecular formula is C5H15N2O+. The van der Waals surface area contributed by atoms with Crippen LogP contribution in [0.25, 0.3) is 0 Å². The highest BCUT2D eigenvalue weighted by Gasteiger charge is 2.02. The van der Waals surface area contributed by atoms with Crippen molar-refractivity contribution in [2.24, 2.45) is 0 Å². The van der Waals surface area contributed by atoms with Gasteiger partial charge >= 0.3 is 0 Å². The summed E-state index contributed by atoms with van der Waals surface area (Å²) in [7, 11) is 5.99. The molecule has 0 aliphatic carbocycles. The van der Waals surface area contributed by atoms with Crippen molar-refractivity contribution in [3.63, 3.8) is 0 Å². The zero-order valence-electron chi connectivity index (χ0n) is 6.06. The summed E-state index contributed by atoms with van der Waals surface area (Å²) in [6.45, 7) is 2.65. The third-order valence-corrected chi connectivity index (χ3v) is 0.483. The van der Waals surface area contributed by atoms with Crippen molar-refractivity contribution in [3.8, 4) is 0 Å². The summed E-state index contributed by atoms with van der Waals surface area (Å²) in [4.78, 5) is 4.92. The van der Waals surface area contributed by atoms with Gasteiger partial charge in [0.05, 0.1) is 27.7 Å². The van der Waals surface area contributed by atoms with Crippen LogP contribution in [0.2, 0.25) is 0 Å². The number of nitrogens with zero attached hydrogens (tertiary/aromatic N) is 1. The molecule has 0 bridgehead atoms. The first-order valence-corrected chi connectivity index (χ1v) is 2.77. The van der Waals surface area contributed by atoms with Crippen molar-refractivity contribution in [2.45, 2.75) is 6.92 Å². The number of quaternary nitrogens is 1. The molecule has 0 saturated heterocycles. The van der Waals surface area contributed by atoms with Gasteiger partial charge in [-0.3, -0.25) is 4.84 Å². The Kier molecular flexibility index (Phi) is 2.97. The Morgan fingerprint density at radius 2 is 1.88 bits per heavy atom. The van der Waals surface area contributed by atoms with E-state index >= 15 is 0 Å². The molecule has 0 aromatic heterocycles. The second-order valence-electron chi connectivity index (χ2n) is 2.54. The molecule has 0 amide bonds. The molecule has 0 aliphatic heterocycles. The van der Waals surface area contributed by atoms with Crippen LogP contribution >= 0.6 is 0 Å². The van der Waals surface area contributed by atoms with Crippen LogP contribution in [0.5, 0.6) is 0 Å². The lowest BCUT2D eigenvalue weighted by molar-refractivity contribution is -0.944. The van der Waals surface area contributed by atoms with Crippen molar-refractivity contribution in [1.29, 1.82) is 0 Å². The van der Waals surface area contributed by atoms with E-state index in [1.54, 1.807) is 0 Å². The van der Waals surface area contributed by atoms with Crippen molar-refractivity contribution in [1.82, 2.24) is 5.59 Å². The van der Waals surface area contributed by atoms with Gasteiger partial charge in [0.25, 0.3) is 0 Å². The van der Waals surface area contributed by atoms with Gasteiger partial charge in [-0.1, -0.05) is 0 Å². The maximum atomic E-state index is 4.92. The number of rotatable bonds is 3. The molecule has 3 heteroatoms. The molecule has 0 saturated carbocycles. The predicted octanol–water partition coefficient (Wildman–Crippen LogP) is 0.149. The predicted molar refractivity (Wildman–Crippen MR) is 32.8 cm³/mol. The van der Waals surface area contributed by atoms with Crippen LogP contribution in [0.1, 0.15) is 6.92 Å². The Morgan fingerprint density at radius 3 is 2.00 bits per heavy atom. The van der Waals surface area contributed by atoms with E-state index in [0.29, 0.717) is 11.2 Å². The van der Waals surface area contributed by atoms with E-state index in [9.17, 15) is 0 Å². The van der Waals surface area contributed by atoms with E-state index in [0.717, 1.165) is 0 Å². The summed E-state index contributed by atoms with van der Waals surface area (Å²) in [5.41, 5.74) is 2.81. The van der Waals surface area contributed by atoms with Crippen LogP contribution < -0.4 is 5.59 Å². The Labute approximate surface area is 50.8 Å². The highest BCUT2D eigenvalue weighted by molar-refractivity contribution is 3.97. The first kappa shape index (κ1) is 7.88. The molecule has 0 rings (SSSR count). The van der Waals surface area contributed by atoms with Crippen molar-refractivity contribution in [3.05, 3.63) is 0 Å². The Hall–Kier alpha value is -0.120. The summed E-state index contributed by atoms with van der Waals surface area (Å²) in [5, 5.41) is 0. The normalized spacial score (nSPS) is 12.0. The van der Waals surface area contributed by atoms with Crippen LogP contribution in [-0.4, -0.2) is 32.3 Å². The molecule has 8 heavy (non-hydrogen) atoms. The fourth-order valence-electron chi connectivity index (χ4n) is 0.258. The fraction of sp³-hybridized carbons (Fsp3) is 1.00. The molecule has 3 nitrogen and oxygen atoms in total. The van der Waals surface area contributed by atoms with Crippen LogP contribution in [0, 0.1) is 0 Å². The maximum absolute atomic E-state index is 4.92. The third-order valence-electron chi connectivity index (χ3n) is 0.483. The van der Waals surface area contributed by atoms with Crippen molar-refractivity contribution >= 4 is 0 Å². The topological polar surface area (TPSA) is 21.3 Å². The number of hydrogen-bond acceptors (Lipinski definition) is 2. The summed E-state index contributed by atoms with van der Waals surface area (Å²) in [5.74, 6) is 0.